The Hall–Kier alpha value is -0.790. The van der Waals surface area contributed by atoms with E-state index in [2.05, 4.69) is 32.1 Å². The predicted molar refractivity (Wildman–Crippen MR) is 34.0 cm³/mol. The van der Waals surface area contributed by atoms with E-state index in [0.29, 0.717) is 0 Å². The van der Waals surface area contributed by atoms with Crippen LogP contribution in [0.2, 0.25) is 0 Å². The molecule has 9 heavy (non-hydrogen) atoms. The van der Waals surface area contributed by atoms with Crippen LogP contribution in [0.4, 0.5) is 0 Å². The second kappa shape index (κ2) is 1.87. The van der Waals surface area contributed by atoms with Gasteiger partial charge in [0.05, 0.1) is 0 Å². The van der Waals surface area contributed by atoms with Crippen molar-refractivity contribution in [1.29, 1.82) is 0 Å². The summed E-state index contributed by atoms with van der Waals surface area (Å²) in [4.78, 5) is 0. The monoisotopic (exact) mass is 124 g/mol. The topological polar surface area (TPSA) is 26.0 Å². The molecule has 1 rings (SSSR count). The van der Waals surface area contributed by atoms with Gasteiger partial charge in [-0.05, 0) is 0 Å². The third-order valence-electron chi connectivity index (χ3n) is 1.13. The Morgan fingerprint density at radius 1 is 1.56 bits per heavy atom. The first-order chi connectivity index (χ1) is 4.11. The molecule has 0 saturated carbocycles. The van der Waals surface area contributed by atoms with Gasteiger partial charge in [0.15, 0.2) is 0 Å². The van der Waals surface area contributed by atoms with Crippen LogP contribution in [0, 0.1) is 6.20 Å². The molecule has 0 aliphatic rings. The number of aromatic nitrogens is 1. The van der Waals surface area contributed by atoms with Crippen molar-refractivity contribution in [1.82, 2.24) is 5.16 Å². The normalized spacial score (nSPS) is 11.9. The summed E-state index contributed by atoms with van der Waals surface area (Å²) in [7, 11) is 0. The number of hydrogen-bond acceptors (Lipinski definition) is 2. The Morgan fingerprint density at radius 2 is 2.22 bits per heavy atom. The van der Waals surface area contributed by atoms with Gasteiger partial charge in [-0.3, -0.25) is 0 Å². The van der Waals surface area contributed by atoms with Crippen molar-refractivity contribution in [2.24, 2.45) is 0 Å². The lowest BCUT2D eigenvalue weighted by atomic mass is 9.94. The summed E-state index contributed by atoms with van der Waals surface area (Å²) in [5.41, 5.74) is 0.0625. The third kappa shape index (κ3) is 1.31. The Bertz CT molecular complexity index is 171. The molecule has 0 spiro atoms. The maximum atomic E-state index is 4.89. The molecule has 49 valence electrons. The summed E-state index contributed by atoms with van der Waals surface area (Å²) >= 11 is 0. The molecule has 1 heterocycles. The number of nitrogens with zero attached hydrogens (tertiary/aromatic N) is 1. The van der Waals surface area contributed by atoms with Gasteiger partial charge in [-0.15, -0.1) is 0 Å². The van der Waals surface area contributed by atoms with E-state index in [0.717, 1.165) is 5.76 Å². The van der Waals surface area contributed by atoms with Crippen molar-refractivity contribution < 1.29 is 4.52 Å². The largest absolute Gasteiger partial charge is 0.360 e. The van der Waals surface area contributed by atoms with Gasteiger partial charge >= 0.3 is 0 Å². The van der Waals surface area contributed by atoms with Gasteiger partial charge in [-0.1, -0.05) is 25.9 Å². The minimum Gasteiger partial charge on any atom is -0.360 e. The molecule has 0 unspecified atom stereocenters. The van der Waals surface area contributed by atoms with E-state index in [9.17, 15) is 0 Å². The second-order valence-corrected chi connectivity index (χ2v) is 3.07. The average Bonchev–Trinajstić information content (AvgIpc) is 2.08. The summed E-state index contributed by atoms with van der Waals surface area (Å²) in [5, 5.41) is 3.49. The van der Waals surface area contributed by atoms with Gasteiger partial charge in [0, 0.05) is 11.5 Å². The molecule has 2 heteroatoms. The van der Waals surface area contributed by atoms with Crippen LogP contribution in [-0.2, 0) is 5.41 Å². The fourth-order valence-electron chi connectivity index (χ4n) is 0.540. The zero-order valence-corrected chi connectivity index (χ0v) is 5.93. The lowest BCUT2D eigenvalue weighted by Crippen LogP contribution is -2.08. The fraction of sp³-hybridized carbons (Fsp3) is 0.571. The molecule has 0 bridgehead atoms. The Morgan fingerprint density at radius 3 is 2.44 bits per heavy atom. The maximum absolute atomic E-state index is 4.89. The van der Waals surface area contributed by atoms with E-state index in [-0.39, 0.29) is 5.41 Å². The second-order valence-electron chi connectivity index (χ2n) is 3.07. The highest BCUT2D eigenvalue weighted by atomic mass is 16.5. The van der Waals surface area contributed by atoms with E-state index in [4.69, 9.17) is 4.52 Å². The SMILES string of the molecule is CC(C)(C)c1c[c]no1. The van der Waals surface area contributed by atoms with Crippen molar-refractivity contribution in [3.63, 3.8) is 0 Å². The zero-order valence-electron chi connectivity index (χ0n) is 5.93. The molecule has 0 aliphatic carbocycles. The summed E-state index contributed by atoms with van der Waals surface area (Å²) in [6.07, 6.45) is 2.62. The van der Waals surface area contributed by atoms with Crippen LogP contribution in [0.25, 0.3) is 0 Å². The lowest BCUT2D eigenvalue weighted by Gasteiger charge is -2.11. The molecular weight excluding hydrogens is 114 g/mol. The zero-order chi connectivity index (χ0) is 6.91. The fourth-order valence-corrected chi connectivity index (χ4v) is 0.540. The smallest absolute Gasteiger partial charge is 0.142 e. The predicted octanol–water partition coefficient (Wildman–Crippen LogP) is 1.77. The van der Waals surface area contributed by atoms with Crippen LogP contribution in [-0.4, -0.2) is 5.16 Å². The van der Waals surface area contributed by atoms with Gasteiger partial charge in [0.25, 0.3) is 0 Å². The summed E-state index contributed by atoms with van der Waals surface area (Å²) in [6.45, 7) is 6.21. The van der Waals surface area contributed by atoms with Crippen molar-refractivity contribution >= 4 is 0 Å². The molecule has 2 nitrogen and oxygen atoms in total. The quantitative estimate of drug-likeness (QED) is 0.526. The van der Waals surface area contributed by atoms with E-state index in [1.807, 2.05) is 0 Å². The molecule has 0 atom stereocenters. The standard InChI is InChI=1S/C7H10NO/c1-7(2,3)6-4-5-8-9-6/h4H,1-3H3. The van der Waals surface area contributed by atoms with Crippen molar-refractivity contribution in [3.05, 3.63) is 18.0 Å². The summed E-state index contributed by atoms with van der Waals surface area (Å²) in [5.74, 6) is 0.877. The highest BCUT2D eigenvalue weighted by molar-refractivity contribution is 5.04. The van der Waals surface area contributed by atoms with Crippen LogP contribution >= 0.6 is 0 Å². The number of hydrogen-bond donors (Lipinski definition) is 0. The molecule has 0 N–H and O–H groups in total. The first-order valence-corrected chi connectivity index (χ1v) is 2.94. The van der Waals surface area contributed by atoms with Crippen LogP contribution in [0.15, 0.2) is 10.6 Å². The molecule has 0 saturated heterocycles. The Labute approximate surface area is 54.9 Å². The van der Waals surface area contributed by atoms with Crippen LogP contribution in [0.3, 0.4) is 0 Å². The van der Waals surface area contributed by atoms with Crippen LogP contribution in [0.1, 0.15) is 26.5 Å². The van der Waals surface area contributed by atoms with Gasteiger partial charge < -0.3 is 4.52 Å². The van der Waals surface area contributed by atoms with E-state index in [1.54, 1.807) is 6.07 Å². The van der Waals surface area contributed by atoms with Crippen LogP contribution in [0.5, 0.6) is 0 Å². The molecule has 0 aliphatic heterocycles. The van der Waals surface area contributed by atoms with Crippen molar-refractivity contribution in [2.45, 2.75) is 26.2 Å². The average molecular weight is 124 g/mol. The molecular formula is C7H10NO. The Balaban J connectivity index is 2.90. The summed E-state index contributed by atoms with van der Waals surface area (Å²) in [6, 6.07) is 1.76. The van der Waals surface area contributed by atoms with Crippen LogP contribution < -0.4 is 0 Å². The minimum absolute atomic E-state index is 0.0625. The van der Waals surface area contributed by atoms with Gasteiger partial charge in [0.2, 0.25) is 0 Å². The molecule has 1 aromatic heterocycles. The molecule has 0 amide bonds. The van der Waals surface area contributed by atoms with E-state index < -0.39 is 0 Å². The van der Waals surface area contributed by atoms with Gasteiger partial charge in [-0.2, -0.15) is 0 Å². The number of rotatable bonds is 0. The lowest BCUT2D eigenvalue weighted by molar-refractivity contribution is 0.328. The molecule has 1 aromatic rings. The first kappa shape index (κ1) is 6.33. The van der Waals surface area contributed by atoms with Crippen molar-refractivity contribution in [2.75, 3.05) is 0 Å². The third-order valence-corrected chi connectivity index (χ3v) is 1.13. The van der Waals surface area contributed by atoms with Crippen molar-refractivity contribution in [3.8, 4) is 0 Å². The minimum atomic E-state index is 0.0625. The molecule has 1 radical (unpaired) electrons. The first-order valence-electron chi connectivity index (χ1n) is 2.94. The van der Waals surface area contributed by atoms with Gasteiger partial charge in [-0.25, -0.2) is 0 Å². The van der Waals surface area contributed by atoms with Gasteiger partial charge in [0.1, 0.15) is 12.0 Å². The summed E-state index contributed by atoms with van der Waals surface area (Å²) < 4.78 is 4.89. The molecule has 0 fully saturated rings. The van der Waals surface area contributed by atoms with E-state index >= 15 is 0 Å². The van der Waals surface area contributed by atoms with E-state index in [1.165, 1.54) is 0 Å². The Kier molecular flexibility index (Phi) is 1.31. The molecule has 0 aromatic carbocycles. The highest BCUT2D eigenvalue weighted by Crippen LogP contribution is 2.20. The maximum Gasteiger partial charge on any atom is 0.142 e. The highest BCUT2D eigenvalue weighted by Gasteiger charge is 2.16.